The summed E-state index contributed by atoms with van der Waals surface area (Å²) in [5.74, 6) is -0.599. The van der Waals surface area contributed by atoms with E-state index in [4.69, 9.17) is 4.74 Å². The van der Waals surface area contributed by atoms with E-state index in [9.17, 15) is 9.59 Å². The second-order valence-electron chi connectivity index (χ2n) is 6.63. The van der Waals surface area contributed by atoms with E-state index in [1.165, 1.54) is 7.11 Å². The summed E-state index contributed by atoms with van der Waals surface area (Å²) in [6.07, 6.45) is 2.88. The number of aromatic nitrogens is 2. The molecule has 7 heteroatoms. The van der Waals surface area contributed by atoms with E-state index >= 15 is 0 Å². The Labute approximate surface area is 129 Å². The van der Waals surface area contributed by atoms with E-state index in [1.54, 1.807) is 27.0 Å². The van der Waals surface area contributed by atoms with Crippen LogP contribution in [0, 0.1) is 0 Å². The summed E-state index contributed by atoms with van der Waals surface area (Å²) in [5, 5.41) is 2.49. The predicted octanol–water partition coefficient (Wildman–Crippen LogP) is 2.66. The molecule has 22 heavy (non-hydrogen) atoms. The Morgan fingerprint density at radius 2 is 1.95 bits per heavy atom. The Morgan fingerprint density at radius 3 is 2.45 bits per heavy atom. The number of rotatable bonds is 3. The van der Waals surface area contributed by atoms with Crippen LogP contribution < -0.4 is 5.32 Å². The molecule has 1 heterocycles. The molecule has 1 fully saturated rings. The van der Waals surface area contributed by atoms with Crippen molar-refractivity contribution in [3.63, 3.8) is 0 Å². The number of nitrogens with zero attached hydrogens (tertiary/aromatic N) is 2. The number of amides is 1. The fourth-order valence-electron chi connectivity index (χ4n) is 1.86. The van der Waals surface area contributed by atoms with Gasteiger partial charge in [0.15, 0.2) is 11.5 Å². The lowest BCUT2D eigenvalue weighted by Gasteiger charge is -2.20. The average Bonchev–Trinajstić information content (AvgIpc) is 3.15. The molecule has 1 aliphatic rings. The maximum atomic E-state index is 11.9. The fraction of sp³-hybridized carbons (Fsp3) is 0.600. The lowest BCUT2D eigenvalue weighted by atomic mass is 10.1. The highest BCUT2D eigenvalue weighted by Gasteiger charge is 2.41. The smallest absolute Gasteiger partial charge is 0.413 e. The van der Waals surface area contributed by atoms with E-state index in [1.807, 2.05) is 0 Å². The number of ether oxygens (including phenoxy) is 2. The van der Waals surface area contributed by atoms with Gasteiger partial charge in [-0.25, -0.2) is 19.6 Å². The van der Waals surface area contributed by atoms with Crippen molar-refractivity contribution < 1.29 is 19.1 Å². The number of nitrogens with one attached hydrogen (secondary N) is 1. The number of hydrogen-bond donors (Lipinski definition) is 1. The first-order valence-corrected chi connectivity index (χ1v) is 7.10. The van der Waals surface area contributed by atoms with Crippen molar-refractivity contribution in [3.05, 3.63) is 17.6 Å². The largest absolute Gasteiger partial charge is 0.464 e. The highest BCUT2D eigenvalue weighted by Crippen LogP contribution is 2.46. The van der Waals surface area contributed by atoms with Crippen molar-refractivity contribution in [2.75, 3.05) is 12.4 Å². The third-order valence-corrected chi connectivity index (χ3v) is 3.39. The molecule has 1 aliphatic carbocycles. The van der Waals surface area contributed by atoms with Crippen LogP contribution in [-0.2, 0) is 14.9 Å². The summed E-state index contributed by atoms with van der Waals surface area (Å²) < 4.78 is 9.85. The van der Waals surface area contributed by atoms with E-state index in [2.05, 4.69) is 26.9 Å². The van der Waals surface area contributed by atoms with Crippen LogP contribution in [0.15, 0.2) is 6.20 Å². The minimum Gasteiger partial charge on any atom is -0.464 e. The van der Waals surface area contributed by atoms with Gasteiger partial charge in [0.2, 0.25) is 0 Å². The first-order chi connectivity index (χ1) is 10.1. The van der Waals surface area contributed by atoms with Gasteiger partial charge in [-0.05, 0) is 33.6 Å². The molecule has 7 nitrogen and oxygen atoms in total. The van der Waals surface area contributed by atoms with Gasteiger partial charge in [0.1, 0.15) is 5.60 Å². The van der Waals surface area contributed by atoms with Crippen LogP contribution >= 0.6 is 0 Å². The SMILES string of the molecule is COC(=O)c1ncc(C2(C)CC2)nc1NC(=O)OC(C)(C)C. The van der Waals surface area contributed by atoms with E-state index in [0.717, 1.165) is 18.5 Å². The summed E-state index contributed by atoms with van der Waals surface area (Å²) in [6, 6.07) is 0. The maximum Gasteiger partial charge on any atom is 0.413 e. The lowest BCUT2D eigenvalue weighted by Crippen LogP contribution is -2.28. The molecule has 2 rings (SSSR count). The van der Waals surface area contributed by atoms with Crippen LogP contribution in [0.3, 0.4) is 0 Å². The number of carbonyl (C=O) groups excluding carboxylic acids is 2. The standard InChI is InChI=1S/C15H21N3O4/c1-14(2,3)22-13(20)18-11-10(12(19)21-5)16-8-9(17-11)15(4)6-7-15/h8H,6-7H2,1-5H3,(H,17,18,20). The normalized spacial score (nSPS) is 15.9. The van der Waals surface area contributed by atoms with Gasteiger partial charge in [0.25, 0.3) is 0 Å². The summed E-state index contributed by atoms with van der Waals surface area (Å²) in [7, 11) is 1.25. The summed E-state index contributed by atoms with van der Waals surface area (Å²) in [4.78, 5) is 32.1. The Kier molecular flexibility index (Phi) is 4.08. The van der Waals surface area contributed by atoms with Crippen molar-refractivity contribution in [1.29, 1.82) is 0 Å². The number of hydrogen-bond acceptors (Lipinski definition) is 6. The first-order valence-electron chi connectivity index (χ1n) is 7.10. The zero-order chi connectivity index (χ0) is 16.5. The molecule has 1 N–H and O–H groups in total. The van der Waals surface area contributed by atoms with Crippen molar-refractivity contribution in [1.82, 2.24) is 9.97 Å². The minimum absolute atomic E-state index is 0.0357. The molecule has 0 aromatic carbocycles. The lowest BCUT2D eigenvalue weighted by molar-refractivity contribution is 0.0594. The van der Waals surface area contributed by atoms with Gasteiger partial charge in [0, 0.05) is 5.41 Å². The number of esters is 1. The van der Waals surface area contributed by atoms with Crippen molar-refractivity contribution in [2.45, 2.75) is 51.6 Å². The maximum absolute atomic E-state index is 11.9. The Balaban J connectivity index is 2.29. The zero-order valence-electron chi connectivity index (χ0n) is 13.5. The van der Waals surface area contributed by atoms with Crippen LogP contribution in [0.1, 0.15) is 56.7 Å². The average molecular weight is 307 g/mol. The van der Waals surface area contributed by atoms with E-state index in [0.29, 0.717) is 0 Å². The highest BCUT2D eigenvalue weighted by atomic mass is 16.6. The van der Waals surface area contributed by atoms with Gasteiger partial charge in [-0.1, -0.05) is 6.92 Å². The third kappa shape index (κ3) is 3.72. The van der Waals surface area contributed by atoms with Gasteiger partial charge in [0.05, 0.1) is 19.0 Å². The molecule has 0 aliphatic heterocycles. The topological polar surface area (TPSA) is 90.4 Å². The number of methoxy groups -OCH3 is 1. The molecule has 0 radical (unpaired) electrons. The molecule has 0 spiro atoms. The van der Waals surface area contributed by atoms with Gasteiger partial charge >= 0.3 is 12.1 Å². The van der Waals surface area contributed by atoms with Crippen LogP contribution in [-0.4, -0.2) is 34.7 Å². The molecule has 0 bridgehead atoms. The Bertz CT molecular complexity index is 603. The van der Waals surface area contributed by atoms with Crippen LogP contribution in [0.25, 0.3) is 0 Å². The summed E-state index contributed by atoms with van der Waals surface area (Å²) in [6.45, 7) is 7.31. The molecule has 1 aromatic heterocycles. The third-order valence-electron chi connectivity index (χ3n) is 3.39. The molecule has 1 aromatic rings. The van der Waals surface area contributed by atoms with Crippen molar-refractivity contribution in [2.24, 2.45) is 0 Å². The minimum atomic E-state index is -0.690. The van der Waals surface area contributed by atoms with Crippen LogP contribution in [0.5, 0.6) is 0 Å². The number of anilines is 1. The fourth-order valence-corrected chi connectivity index (χ4v) is 1.86. The molecule has 0 unspecified atom stereocenters. The van der Waals surface area contributed by atoms with E-state index in [-0.39, 0.29) is 16.9 Å². The number of carbonyl (C=O) groups is 2. The second kappa shape index (κ2) is 5.55. The molecule has 1 saturated carbocycles. The molecule has 0 atom stereocenters. The van der Waals surface area contributed by atoms with Gasteiger partial charge in [-0.15, -0.1) is 0 Å². The van der Waals surface area contributed by atoms with Crippen LogP contribution in [0.4, 0.5) is 10.6 Å². The summed E-state index contributed by atoms with van der Waals surface area (Å²) >= 11 is 0. The molecule has 120 valence electrons. The molecule has 0 saturated heterocycles. The van der Waals surface area contributed by atoms with Gasteiger partial charge in [-0.2, -0.15) is 0 Å². The molecule has 1 amide bonds. The van der Waals surface area contributed by atoms with Crippen molar-refractivity contribution in [3.8, 4) is 0 Å². The molecular formula is C15H21N3O4. The van der Waals surface area contributed by atoms with E-state index < -0.39 is 17.7 Å². The molecular weight excluding hydrogens is 286 g/mol. The Morgan fingerprint density at radius 1 is 1.32 bits per heavy atom. The summed E-state index contributed by atoms with van der Waals surface area (Å²) in [5.41, 5.74) is 0.0160. The highest BCUT2D eigenvalue weighted by molar-refractivity contribution is 5.96. The Hall–Kier alpha value is -2.18. The van der Waals surface area contributed by atoms with Gasteiger partial charge in [-0.3, -0.25) is 5.32 Å². The van der Waals surface area contributed by atoms with Gasteiger partial charge < -0.3 is 9.47 Å². The second-order valence-corrected chi connectivity index (χ2v) is 6.63. The monoisotopic (exact) mass is 307 g/mol. The first kappa shape index (κ1) is 16.2. The predicted molar refractivity (Wildman–Crippen MR) is 79.8 cm³/mol. The van der Waals surface area contributed by atoms with Crippen LogP contribution in [0.2, 0.25) is 0 Å². The van der Waals surface area contributed by atoms with Crippen molar-refractivity contribution >= 4 is 17.9 Å². The zero-order valence-corrected chi connectivity index (χ0v) is 13.5. The quantitative estimate of drug-likeness (QED) is 0.863.